The maximum Gasteiger partial charge on any atom is 0.0701 e. The predicted octanol–water partition coefficient (Wildman–Crippen LogP) is 3.68. The van der Waals surface area contributed by atoms with Crippen LogP contribution in [0.1, 0.15) is 64.7 Å². The van der Waals surface area contributed by atoms with Crippen molar-refractivity contribution in [3.63, 3.8) is 0 Å². The lowest BCUT2D eigenvalue weighted by atomic mass is 10.1. The van der Waals surface area contributed by atoms with Crippen LogP contribution in [0.3, 0.4) is 0 Å². The van der Waals surface area contributed by atoms with Gasteiger partial charge in [0.15, 0.2) is 0 Å². The van der Waals surface area contributed by atoms with Crippen LogP contribution in [0.15, 0.2) is 0 Å². The Morgan fingerprint density at radius 2 is 0.476 bits per heavy atom. The molecule has 0 saturated carbocycles. The van der Waals surface area contributed by atoms with E-state index in [2.05, 4.69) is 6.92 Å². The van der Waals surface area contributed by atoms with Crippen LogP contribution in [0.25, 0.3) is 0 Å². The zero-order valence-corrected chi connectivity index (χ0v) is 26.7. The zero-order valence-electron chi connectivity index (χ0n) is 26.7. The SMILES string of the molecule is CCCCCCCCCCCOCCOCCOCCOCCOCCOCCOCCOCCOCCOCCO. The van der Waals surface area contributed by atoms with Gasteiger partial charge < -0.3 is 52.5 Å². The number of aliphatic hydroxyl groups excluding tert-OH is 1. The highest BCUT2D eigenvalue weighted by molar-refractivity contribution is 4.47. The van der Waals surface area contributed by atoms with E-state index >= 15 is 0 Å². The quantitative estimate of drug-likeness (QED) is 0.103. The predicted molar refractivity (Wildman–Crippen MR) is 163 cm³/mol. The van der Waals surface area contributed by atoms with Gasteiger partial charge in [0.05, 0.1) is 132 Å². The molecule has 0 rings (SSSR count). The first-order valence-electron chi connectivity index (χ1n) is 16.3. The summed E-state index contributed by atoms with van der Waals surface area (Å²) in [6, 6.07) is 0. The molecule has 11 nitrogen and oxygen atoms in total. The lowest BCUT2D eigenvalue weighted by Crippen LogP contribution is -2.15. The molecule has 0 amide bonds. The van der Waals surface area contributed by atoms with Crippen LogP contribution < -0.4 is 0 Å². The molecule has 0 aliphatic rings. The molecule has 0 aromatic carbocycles. The molecule has 0 fully saturated rings. The van der Waals surface area contributed by atoms with E-state index in [-0.39, 0.29) is 6.61 Å². The van der Waals surface area contributed by atoms with E-state index in [1.54, 1.807) is 0 Å². The molecule has 0 unspecified atom stereocenters. The van der Waals surface area contributed by atoms with Gasteiger partial charge in [0, 0.05) is 6.61 Å². The lowest BCUT2D eigenvalue weighted by molar-refractivity contribution is -0.0268. The monoisotopic (exact) mass is 612 g/mol. The Morgan fingerprint density at radius 3 is 0.738 bits per heavy atom. The van der Waals surface area contributed by atoms with Gasteiger partial charge in [-0.2, -0.15) is 0 Å². The summed E-state index contributed by atoms with van der Waals surface area (Å²) in [4.78, 5) is 0. The fraction of sp³-hybridized carbons (Fsp3) is 1.00. The third kappa shape index (κ3) is 39.6. The maximum absolute atomic E-state index is 8.57. The summed E-state index contributed by atoms with van der Waals surface area (Å²) >= 11 is 0. The highest BCUT2D eigenvalue weighted by atomic mass is 16.6. The number of hydrogen-bond donors (Lipinski definition) is 1. The van der Waals surface area contributed by atoms with Crippen LogP contribution >= 0.6 is 0 Å². The van der Waals surface area contributed by atoms with E-state index in [0.29, 0.717) is 126 Å². The second-order valence-corrected chi connectivity index (χ2v) is 9.68. The van der Waals surface area contributed by atoms with Crippen molar-refractivity contribution in [3.05, 3.63) is 0 Å². The standard InChI is InChI=1S/C31H64O11/c1-2-3-4-5-6-7-8-9-10-12-33-14-16-35-18-20-37-22-24-39-26-28-41-30-31-42-29-27-40-25-23-38-21-19-36-17-15-34-13-11-32/h32H,2-31H2,1H3. The summed E-state index contributed by atoms with van der Waals surface area (Å²) in [5.74, 6) is 0. The van der Waals surface area contributed by atoms with Crippen molar-refractivity contribution in [2.75, 3.05) is 139 Å². The minimum absolute atomic E-state index is 0.0303. The number of rotatable bonds is 39. The van der Waals surface area contributed by atoms with Crippen LogP contribution in [0, 0.1) is 0 Å². The third-order valence-electron chi connectivity index (χ3n) is 5.98. The van der Waals surface area contributed by atoms with Gasteiger partial charge in [-0.15, -0.1) is 0 Å². The molecule has 0 spiro atoms. The second kappa shape index (κ2) is 40.6. The van der Waals surface area contributed by atoms with Crippen LogP contribution in [-0.2, 0) is 47.4 Å². The van der Waals surface area contributed by atoms with Crippen LogP contribution in [-0.4, -0.2) is 144 Å². The van der Waals surface area contributed by atoms with Crippen molar-refractivity contribution in [2.45, 2.75) is 64.7 Å². The van der Waals surface area contributed by atoms with Crippen molar-refractivity contribution < 1.29 is 52.5 Å². The van der Waals surface area contributed by atoms with Crippen molar-refractivity contribution in [1.29, 1.82) is 0 Å². The van der Waals surface area contributed by atoms with Gasteiger partial charge in [-0.05, 0) is 6.42 Å². The fourth-order valence-corrected chi connectivity index (χ4v) is 3.66. The highest BCUT2D eigenvalue weighted by Crippen LogP contribution is 2.09. The Kier molecular flexibility index (Phi) is 40.1. The molecule has 0 saturated heterocycles. The molecule has 0 bridgehead atoms. The van der Waals surface area contributed by atoms with Crippen molar-refractivity contribution in [2.24, 2.45) is 0 Å². The molecule has 0 radical (unpaired) electrons. The largest absolute Gasteiger partial charge is 0.394 e. The molecule has 254 valence electrons. The van der Waals surface area contributed by atoms with Gasteiger partial charge in [0.2, 0.25) is 0 Å². The Hall–Kier alpha value is -0.440. The fourth-order valence-electron chi connectivity index (χ4n) is 3.66. The van der Waals surface area contributed by atoms with Crippen LogP contribution in [0.5, 0.6) is 0 Å². The maximum atomic E-state index is 8.57. The minimum atomic E-state index is 0.0303. The molecule has 42 heavy (non-hydrogen) atoms. The molecule has 11 heteroatoms. The number of hydrogen-bond acceptors (Lipinski definition) is 11. The number of unbranched alkanes of at least 4 members (excludes halogenated alkanes) is 8. The molecule has 0 heterocycles. The molecule has 0 aliphatic carbocycles. The van der Waals surface area contributed by atoms with Gasteiger partial charge >= 0.3 is 0 Å². The van der Waals surface area contributed by atoms with Crippen molar-refractivity contribution in [1.82, 2.24) is 0 Å². The van der Waals surface area contributed by atoms with Gasteiger partial charge in [-0.1, -0.05) is 58.3 Å². The first-order chi connectivity index (χ1) is 20.9. The van der Waals surface area contributed by atoms with Crippen LogP contribution in [0.2, 0.25) is 0 Å². The average molecular weight is 613 g/mol. The van der Waals surface area contributed by atoms with E-state index in [9.17, 15) is 0 Å². The third-order valence-corrected chi connectivity index (χ3v) is 5.98. The van der Waals surface area contributed by atoms with Gasteiger partial charge in [0.25, 0.3) is 0 Å². The van der Waals surface area contributed by atoms with Gasteiger partial charge in [-0.3, -0.25) is 0 Å². The molecular weight excluding hydrogens is 548 g/mol. The van der Waals surface area contributed by atoms with Gasteiger partial charge in [-0.25, -0.2) is 0 Å². The molecule has 1 N–H and O–H groups in total. The van der Waals surface area contributed by atoms with Crippen molar-refractivity contribution >= 4 is 0 Å². The first-order valence-corrected chi connectivity index (χ1v) is 16.3. The number of aliphatic hydroxyl groups is 1. The van der Waals surface area contributed by atoms with E-state index in [1.165, 1.54) is 51.4 Å². The Morgan fingerprint density at radius 1 is 0.262 bits per heavy atom. The van der Waals surface area contributed by atoms with Crippen molar-refractivity contribution in [3.8, 4) is 0 Å². The summed E-state index contributed by atoms with van der Waals surface area (Å²) in [7, 11) is 0. The van der Waals surface area contributed by atoms with E-state index in [0.717, 1.165) is 13.0 Å². The molecule has 0 aliphatic heterocycles. The molecular formula is C31H64O11. The molecule has 0 aromatic heterocycles. The van der Waals surface area contributed by atoms with E-state index < -0.39 is 0 Å². The summed E-state index contributed by atoms with van der Waals surface area (Å²) in [5.41, 5.74) is 0. The average Bonchev–Trinajstić information content (AvgIpc) is 3.00. The minimum Gasteiger partial charge on any atom is -0.394 e. The normalized spacial score (nSPS) is 11.6. The summed E-state index contributed by atoms with van der Waals surface area (Å²) in [5, 5.41) is 8.57. The zero-order chi connectivity index (χ0) is 30.3. The molecule has 0 aromatic rings. The Bertz CT molecular complexity index is 421. The van der Waals surface area contributed by atoms with Gasteiger partial charge in [0.1, 0.15) is 0 Å². The smallest absolute Gasteiger partial charge is 0.0701 e. The Labute approximate surface area is 256 Å². The first kappa shape index (κ1) is 41.6. The Balaban J connectivity index is 3.02. The highest BCUT2D eigenvalue weighted by Gasteiger charge is 1.97. The number of ether oxygens (including phenoxy) is 10. The van der Waals surface area contributed by atoms with Crippen LogP contribution in [0.4, 0.5) is 0 Å². The van der Waals surface area contributed by atoms with E-state index in [1.807, 2.05) is 0 Å². The summed E-state index contributed by atoms with van der Waals surface area (Å²) in [6.45, 7) is 13.1. The second-order valence-electron chi connectivity index (χ2n) is 9.68. The topological polar surface area (TPSA) is 113 Å². The molecule has 0 atom stereocenters. The summed E-state index contributed by atoms with van der Waals surface area (Å²) < 4.78 is 54.3. The lowest BCUT2D eigenvalue weighted by Gasteiger charge is -2.09. The summed E-state index contributed by atoms with van der Waals surface area (Å²) in [6.07, 6.45) is 12.0. The van der Waals surface area contributed by atoms with E-state index in [4.69, 9.17) is 52.5 Å².